The minimum absolute atomic E-state index is 0.325. The monoisotopic (exact) mass is 290 g/mol. The predicted molar refractivity (Wildman–Crippen MR) is 88.9 cm³/mol. The number of nitrogens with zero attached hydrogens (tertiary/aromatic N) is 1. The van der Waals surface area contributed by atoms with Crippen molar-refractivity contribution >= 4 is 0 Å². The second kappa shape index (κ2) is 7.28. The second-order valence-corrected chi connectivity index (χ2v) is 6.56. The molecule has 1 aromatic carbocycles. The van der Waals surface area contributed by atoms with E-state index in [-0.39, 0.29) is 0 Å². The average Bonchev–Trinajstić information content (AvgIpc) is 2.53. The molecule has 1 saturated carbocycles. The van der Waals surface area contributed by atoms with Crippen LogP contribution < -0.4 is 10.1 Å². The Kier molecular flexibility index (Phi) is 5.65. The molecule has 21 heavy (non-hydrogen) atoms. The Bertz CT molecular complexity index is 439. The Morgan fingerprint density at radius 3 is 2.57 bits per heavy atom. The van der Waals surface area contributed by atoms with Crippen molar-refractivity contribution in [3.05, 3.63) is 29.8 Å². The highest BCUT2D eigenvalue weighted by Gasteiger charge is 2.34. The van der Waals surface area contributed by atoms with Crippen LogP contribution in [0.2, 0.25) is 0 Å². The molecule has 0 heterocycles. The molecule has 3 nitrogen and oxygen atoms in total. The van der Waals surface area contributed by atoms with E-state index in [1.165, 1.54) is 37.7 Å². The molecule has 0 bridgehead atoms. The minimum atomic E-state index is 0.325. The molecular weight excluding hydrogens is 260 g/mol. The first-order valence-electron chi connectivity index (χ1n) is 8.12. The molecule has 1 fully saturated rings. The highest BCUT2D eigenvalue weighted by molar-refractivity contribution is 5.30. The summed E-state index contributed by atoms with van der Waals surface area (Å²) in [6.07, 6.45) is 6.71. The van der Waals surface area contributed by atoms with Gasteiger partial charge in [0.15, 0.2) is 0 Å². The predicted octanol–water partition coefficient (Wildman–Crippen LogP) is 3.61. The van der Waals surface area contributed by atoms with Crippen LogP contribution >= 0.6 is 0 Å². The number of nitrogens with one attached hydrogen (secondary N) is 1. The molecule has 2 rings (SSSR count). The molecule has 0 radical (unpaired) electrons. The normalized spacial score (nSPS) is 19.5. The summed E-state index contributed by atoms with van der Waals surface area (Å²) in [5.41, 5.74) is 1.62. The van der Waals surface area contributed by atoms with E-state index in [1.54, 1.807) is 7.11 Å². The molecule has 1 aromatic rings. The molecule has 3 heteroatoms. The van der Waals surface area contributed by atoms with E-state index in [9.17, 15) is 0 Å². The van der Waals surface area contributed by atoms with Gasteiger partial charge in [-0.3, -0.25) is 0 Å². The summed E-state index contributed by atoms with van der Waals surface area (Å²) >= 11 is 0. The molecule has 1 N–H and O–H groups in total. The Balaban J connectivity index is 1.99. The topological polar surface area (TPSA) is 24.5 Å². The second-order valence-electron chi connectivity index (χ2n) is 6.56. The van der Waals surface area contributed by atoms with E-state index in [0.29, 0.717) is 11.6 Å². The Morgan fingerprint density at radius 1 is 1.24 bits per heavy atom. The van der Waals surface area contributed by atoms with Crippen LogP contribution in [0.1, 0.15) is 50.6 Å². The van der Waals surface area contributed by atoms with Crippen LogP contribution in [0.4, 0.5) is 0 Å². The van der Waals surface area contributed by atoms with Gasteiger partial charge in [0, 0.05) is 18.1 Å². The van der Waals surface area contributed by atoms with Crippen molar-refractivity contribution in [1.29, 1.82) is 0 Å². The van der Waals surface area contributed by atoms with Crippen molar-refractivity contribution < 1.29 is 4.74 Å². The molecule has 1 aliphatic carbocycles. The van der Waals surface area contributed by atoms with Crippen molar-refractivity contribution in [1.82, 2.24) is 10.2 Å². The zero-order valence-corrected chi connectivity index (χ0v) is 14.0. The fourth-order valence-corrected chi connectivity index (χ4v) is 3.36. The lowest BCUT2D eigenvalue weighted by Crippen LogP contribution is -2.53. The fraction of sp³-hybridized carbons (Fsp3) is 0.667. The summed E-state index contributed by atoms with van der Waals surface area (Å²) in [5, 5.41) is 3.74. The quantitative estimate of drug-likeness (QED) is 0.866. The lowest BCUT2D eigenvalue weighted by Gasteiger charge is -2.44. The van der Waals surface area contributed by atoms with Crippen molar-refractivity contribution in [2.75, 3.05) is 27.7 Å². The van der Waals surface area contributed by atoms with Crippen molar-refractivity contribution in [2.24, 2.45) is 0 Å². The Morgan fingerprint density at radius 2 is 1.95 bits per heavy atom. The standard InChI is InChI=1S/C18H30N2O/c1-15(16-9-8-10-17(13-16)21-4)19-14-18(20(2)3)11-6-5-7-12-18/h8-10,13,15,19H,5-7,11-12,14H2,1-4H3. The highest BCUT2D eigenvalue weighted by atomic mass is 16.5. The zero-order chi connectivity index (χ0) is 15.3. The Hall–Kier alpha value is -1.06. The van der Waals surface area contributed by atoms with E-state index < -0.39 is 0 Å². The third-order valence-corrected chi connectivity index (χ3v) is 5.06. The number of rotatable bonds is 6. The van der Waals surface area contributed by atoms with Crippen molar-refractivity contribution in [3.8, 4) is 5.75 Å². The maximum atomic E-state index is 5.32. The maximum absolute atomic E-state index is 5.32. The third kappa shape index (κ3) is 3.98. The molecule has 0 aliphatic heterocycles. The third-order valence-electron chi connectivity index (χ3n) is 5.06. The first-order chi connectivity index (χ1) is 10.1. The SMILES string of the molecule is COc1cccc(C(C)NCC2(N(C)C)CCCCC2)c1. The van der Waals surface area contributed by atoms with Gasteiger partial charge in [-0.05, 0) is 51.6 Å². The summed E-state index contributed by atoms with van der Waals surface area (Å²) in [5.74, 6) is 0.932. The van der Waals surface area contributed by atoms with Gasteiger partial charge in [-0.25, -0.2) is 0 Å². The first kappa shape index (κ1) is 16.3. The summed E-state index contributed by atoms with van der Waals surface area (Å²) < 4.78 is 5.32. The lowest BCUT2D eigenvalue weighted by molar-refractivity contribution is 0.0958. The van der Waals surface area contributed by atoms with Gasteiger partial charge in [-0.1, -0.05) is 31.4 Å². The molecule has 0 spiro atoms. The number of likely N-dealkylation sites (N-methyl/N-ethyl adjacent to an activating group) is 1. The largest absolute Gasteiger partial charge is 0.497 e. The zero-order valence-electron chi connectivity index (χ0n) is 14.0. The van der Waals surface area contributed by atoms with Gasteiger partial charge in [0.2, 0.25) is 0 Å². The lowest BCUT2D eigenvalue weighted by atomic mass is 9.80. The summed E-state index contributed by atoms with van der Waals surface area (Å²) in [6, 6.07) is 8.70. The van der Waals surface area contributed by atoms with Crippen LogP contribution in [0.5, 0.6) is 5.75 Å². The Labute approximate surface area is 129 Å². The van der Waals surface area contributed by atoms with Crippen LogP contribution in [0.3, 0.4) is 0 Å². The van der Waals surface area contributed by atoms with Crippen molar-refractivity contribution in [2.45, 2.75) is 50.6 Å². The van der Waals surface area contributed by atoms with Gasteiger partial charge in [-0.2, -0.15) is 0 Å². The number of benzene rings is 1. The first-order valence-corrected chi connectivity index (χ1v) is 8.12. The summed E-state index contributed by atoms with van der Waals surface area (Å²) in [7, 11) is 6.17. The summed E-state index contributed by atoms with van der Waals surface area (Å²) in [4.78, 5) is 2.43. The molecule has 0 saturated heterocycles. The molecule has 118 valence electrons. The number of hydrogen-bond donors (Lipinski definition) is 1. The fourth-order valence-electron chi connectivity index (χ4n) is 3.36. The molecule has 1 aliphatic rings. The minimum Gasteiger partial charge on any atom is -0.497 e. The van der Waals surface area contributed by atoms with E-state index in [2.05, 4.69) is 49.4 Å². The van der Waals surface area contributed by atoms with Gasteiger partial charge in [0.05, 0.1) is 7.11 Å². The van der Waals surface area contributed by atoms with Gasteiger partial charge >= 0.3 is 0 Å². The molecule has 1 unspecified atom stereocenters. The number of hydrogen-bond acceptors (Lipinski definition) is 3. The van der Waals surface area contributed by atoms with Gasteiger partial charge in [-0.15, -0.1) is 0 Å². The van der Waals surface area contributed by atoms with E-state index in [4.69, 9.17) is 4.74 Å². The summed E-state index contributed by atoms with van der Waals surface area (Å²) in [6.45, 7) is 3.29. The maximum Gasteiger partial charge on any atom is 0.119 e. The molecule has 1 atom stereocenters. The van der Waals surface area contributed by atoms with E-state index in [1.807, 2.05) is 6.07 Å². The smallest absolute Gasteiger partial charge is 0.119 e. The van der Waals surface area contributed by atoms with Gasteiger partial charge in [0.25, 0.3) is 0 Å². The van der Waals surface area contributed by atoms with Crippen LogP contribution in [0.25, 0.3) is 0 Å². The number of ether oxygens (including phenoxy) is 1. The average molecular weight is 290 g/mol. The van der Waals surface area contributed by atoms with Gasteiger partial charge < -0.3 is 15.0 Å². The van der Waals surface area contributed by atoms with Crippen molar-refractivity contribution in [3.63, 3.8) is 0 Å². The highest BCUT2D eigenvalue weighted by Crippen LogP contribution is 2.32. The molecule has 0 amide bonds. The van der Waals surface area contributed by atoms with Crippen LogP contribution in [0, 0.1) is 0 Å². The van der Waals surface area contributed by atoms with Gasteiger partial charge in [0.1, 0.15) is 5.75 Å². The van der Waals surface area contributed by atoms with E-state index in [0.717, 1.165) is 12.3 Å². The van der Waals surface area contributed by atoms with Crippen LogP contribution in [-0.4, -0.2) is 38.2 Å². The van der Waals surface area contributed by atoms with Crippen LogP contribution in [-0.2, 0) is 0 Å². The van der Waals surface area contributed by atoms with E-state index >= 15 is 0 Å². The van der Waals surface area contributed by atoms with Crippen LogP contribution in [0.15, 0.2) is 24.3 Å². The number of methoxy groups -OCH3 is 1. The molecule has 0 aromatic heterocycles. The molecular formula is C18H30N2O.